The molecular formula is C33H28IN3O5S. The van der Waals surface area contributed by atoms with E-state index in [9.17, 15) is 23.3 Å². The van der Waals surface area contributed by atoms with Crippen LogP contribution in [-0.4, -0.2) is 30.3 Å². The lowest BCUT2D eigenvalue weighted by atomic mass is 9.72. The van der Waals surface area contributed by atoms with E-state index in [4.69, 9.17) is 0 Å². The number of aryl methyl sites for hydroxylation is 1. The number of non-ortho nitro benzene ring substituents is 1. The Morgan fingerprint density at radius 2 is 1.63 bits per heavy atom. The number of likely N-dealkylation sites (tertiary alicyclic amines) is 1. The highest BCUT2D eigenvalue weighted by Crippen LogP contribution is 2.55. The Morgan fingerprint density at radius 1 is 0.977 bits per heavy atom. The minimum absolute atomic E-state index is 0.0112. The first-order chi connectivity index (χ1) is 20.6. The molecule has 0 saturated carbocycles. The fourth-order valence-corrected chi connectivity index (χ4v) is 8.72. The minimum atomic E-state index is -4.11. The van der Waals surface area contributed by atoms with Gasteiger partial charge in [0.05, 0.1) is 20.9 Å². The third-order valence-corrected chi connectivity index (χ3v) is 10.9. The Hall–Kier alpha value is -4.03. The monoisotopic (exact) mass is 705 g/mol. The summed E-state index contributed by atoms with van der Waals surface area (Å²) in [4.78, 5) is 26.4. The summed E-state index contributed by atoms with van der Waals surface area (Å²) in [6, 6.07) is 30.1. The zero-order valence-electron chi connectivity index (χ0n) is 23.3. The average Bonchev–Trinajstić information content (AvgIpc) is 3.30. The van der Waals surface area contributed by atoms with Crippen LogP contribution in [0.25, 0.3) is 3.58 Å². The fourth-order valence-electron chi connectivity index (χ4n) is 6.12. The van der Waals surface area contributed by atoms with Crippen molar-refractivity contribution in [1.82, 2.24) is 4.90 Å². The average molecular weight is 706 g/mol. The quantitative estimate of drug-likeness (QED) is 0.117. The molecule has 0 radical (unpaired) electrons. The van der Waals surface area contributed by atoms with Crippen LogP contribution >= 0.6 is 22.6 Å². The Bertz CT molecular complexity index is 1840. The van der Waals surface area contributed by atoms with E-state index < -0.39 is 26.5 Å². The van der Waals surface area contributed by atoms with Crippen molar-refractivity contribution in [2.75, 3.05) is 4.31 Å². The maximum atomic E-state index is 14.6. The van der Waals surface area contributed by atoms with Crippen LogP contribution in [0, 0.1) is 17.0 Å². The molecule has 2 aliphatic heterocycles. The lowest BCUT2D eigenvalue weighted by Crippen LogP contribution is -2.61. The summed E-state index contributed by atoms with van der Waals surface area (Å²) in [6.07, 6.45) is 1.81. The molecule has 4 aromatic rings. The summed E-state index contributed by atoms with van der Waals surface area (Å²) in [7, 11) is -4.11. The maximum Gasteiger partial charge on any atom is 0.269 e. The van der Waals surface area contributed by atoms with Crippen molar-refractivity contribution >= 4 is 53.5 Å². The molecule has 4 aromatic carbocycles. The second-order valence-electron chi connectivity index (χ2n) is 10.8. The van der Waals surface area contributed by atoms with Gasteiger partial charge >= 0.3 is 0 Å². The van der Waals surface area contributed by atoms with Crippen LogP contribution in [-0.2, 0) is 26.8 Å². The van der Waals surface area contributed by atoms with Crippen molar-refractivity contribution in [3.63, 3.8) is 0 Å². The number of hydrogen-bond donors (Lipinski definition) is 0. The van der Waals surface area contributed by atoms with Gasteiger partial charge in [0.25, 0.3) is 15.7 Å². The van der Waals surface area contributed by atoms with Crippen molar-refractivity contribution < 1.29 is 18.1 Å². The number of carbonyl (C=O) groups is 1. The van der Waals surface area contributed by atoms with E-state index in [1.807, 2.05) is 61.5 Å². The molecule has 218 valence electrons. The van der Waals surface area contributed by atoms with E-state index in [2.05, 4.69) is 22.6 Å². The summed E-state index contributed by atoms with van der Waals surface area (Å²) in [5, 5.41) is 11.3. The van der Waals surface area contributed by atoms with E-state index in [1.54, 1.807) is 47.4 Å². The molecule has 6 rings (SSSR count). The van der Waals surface area contributed by atoms with Crippen molar-refractivity contribution in [1.29, 1.82) is 0 Å². The second-order valence-corrected chi connectivity index (χ2v) is 13.8. The number of sulfonamides is 1. The van der Waals surface area contributed by atoms with Crippen LogP contribution in [0.2, 0.25) is 0 Å². The minimum Gasteiger partial charge on any atom is -0.316 e. The molecule has 43 heavy (non-hydrogen) atoms. The van der Waals surface area contributed by atoms with E-state index >= 15 is 0 Å². The van der Waals surface area contributed by atoms with Gasteiger partial charge < -0.3 is 4.90 Å². The molecule has 2 heterocycles. The number of nitro groups is 1. The standard InChI is InChI=1S/C33H28IN3O5S/c1-23-11-17-27(18-12-23)43(41,42)36-30-10-6-5-9-28(30)33(21-29(34)25-13-15-26(16-14-25)37(39)40)20-19-31(38)35(32(33)36)22-24-7-3-2-4-8-24/h2-18,21,32H,19-20,22H2,1H3/b29-21-/t32-,33-/m1/s1. The SMILES string of the molecule is Cc1ccc(S(=O)(=O)N2c3ccccc3[C@]3(/C=C(\I)c4ccc([N+](=O)[O-])cc4)CCC(=O)N(Cc4ccccc4)[C@H]23)cc1. The number of piperidine rings is 1. The number of anilines is 1. The molecule has 2 atom stereocenters. The summed E-state index contributed by atoms with van der Waals surface area (Å²) in [5.74, 6) is -0.125. The number of carbonyl (C=O) groups excluding carboxylic acids is 1. The number of para-hydroxylation sites is 1. The molecule has 0 bridgehead atoms. The Balaban J connectivity index is 1.57. The fraction of sp³-hybridized carbons (Fsp3) is 0.182. The zero-order valence-corrected chi connectivity index (χ0v) is 26.2. The number of rotatable bonds is 7. The van der Waals surface area contributed by atoms with Gasteiger partial charge in [-0.25, -0.2) is 12.7 Å². The Kier molecular flexibility index (Phi) is 7.59. The van der Waals surface area contributed by atoms with E-state index in [1.165, 1.54) is 16.4 Å². The molecule has 0 unspecified atom stereocenters. The summed E-state index contributed by atoms with van der Waals surface area (Å²) in [5.41, 5.74) is 3.06. The van der Waals surface area contributed by atoms with Gasteiger partial charge in [0, 0.05) is 28.7 Å². The smallest absolute Gasteiger partial charge is 0.269 e. The molecule has 2 aliphatic rings. The van der Waals surface area contributed by atoms with E-state index in [0.717, 1.165) is 25.8 Å². The maximum absolute atomic E-state index is 14.6. The Morgan fingerprint density at radius 3 is 2.30 bits per heavy atom. The molecule has 10 heteroatoms. The van der Waals surface area contributed by atoms with Gasteiger partial charge in [-0.1, -0.05) is 72.3 Å². The summed E-state index contributed by atoms with van der Waals surface area (Å²) in [6.45, 7) is 2.14. The molecule has 0 aromatic heterocycles. The normalized spacial score (nSPS) is 20.1. The van der Waals surface area contributed by atoms with Gasteiger partial charge in [0.2, 0.25) is 5.91 Å². The van der Waals surface area contributed by atoms with Crippen LogP contribution in [0.4, 0.5) is 11.4 Å². The first-order valence-corrected chi connectivity index (χ1v) is 16.3. The highest BCUT2D eigenvalue weighted by Gasteiger charge is 2.59. The number of fused-ring (bicyclic) bond motifs is 3. The van der Waals surface area contributed by atoms with Crippen molar-refractivity contribution in [2.45, 2.75) is 42.8 Å². The number of nitrogens with zero attached hydrogens (tertiary/aromatic N) is 3. The molecule has 1 amide bonds. The molecular weight excluding hydrogens is 677 g/mol. The van der Waals surface area contributed by atoms with Gasteiger partial charge in [-0.2, -0.15) is 0 Å². The van der Waals surface area contributed by atoms with Gasteiger partial charge in [-0.3, -0.25) is 14.9 Å². The summed E-state index contributed by atoms with van der Waals surface area (Å²) < 4.78 is 31.4. The van der Waals surface area contributed by atoms with Crippen molar-refractivity contribution in [3.8, 4) is 0 Å². The zero-order chi connectivity index (χ0) is 30.4. The first-order valence-electron chi connectivity index (χ1n) is 13.8. The van der Waals surface area contributed by atoms with Crippen LogP contribution in [0.1, 0.15) is 35.1 Å². The lowest BCUT2D eigenvalue weighted by Gasteiger charge is -2.47. The number of hydrogen-bond acceptors (Lipinski definition) is 5. The highest BCUT2D eigenvalue weighted by atomic mass is 127. The van der Waals surface area contributed by atoms with Crippen molar-refractivity contribution in [2.24, 2.45) is 0 Å². The van der Waals surface area contributed by atoms with Gasteiger partial charge in [0.1, 0.15) is 6.17 Å². The summed E-state index contributed by atoms with van der Waals surface area (Å²) >= 11 is 2.21. The molecule has 8 nitrogen and oxygen atoms in total. The lowest BCUT2D eigenvalue weighted by molar-refractivity contribution is -0.384. The molecule has 1 fully saturated rings. The molecule has 1 saturated heterocycles. The van der Waals surface area contributed by atoms with Crippen LogP contribution < -0.4 is 4.31 Å². The van der Waals surface area contributed by atoms with E-state index in [-0.39, 0.29) is 29.5 Å². The van der Waals surface area contributed by atoms with Gasteiger partial charge in [-0.05, 0) is 83.0 Å². The molecule has 0 N–H and O–H groups in total. The highest BCUT2D eigenvalue weighted by molar-refractivity contribution is 14.1. The van der Waals surface area contributed by atoms with E-state index in [0.29, 0.717) is 12.1 Å². The predicted molar refractivity (Wildman–Crippen MR) is 174 cm³/mol. The second kappa shape index (κ2) is 11.2. The van der Waals surface area contributed by atoms with Crippen LogP contribution in [0.5, 0.6) is 0 Å². The predicted octanol–water partition coefficient (Wildman–Crippen LogP) is 6.97. The number of nitro benzene ring substituents is 1. The van der Waals surface area contributed by atoms with Crippen molar-refractivity contribution in [3.05, 3.63) is 142 Å². The van der Waals surface area contributed by atoms with Crippen LogP contribution in [0.15, 0.2) is 114 Å². The third-order valence-electron chi connectivity index (χ3n) is 8.21. The number of amides is 1. The van der Waals surface area contributed by atoms with Gasteiger partial charge in [-0.15, -0.1) is 0 Å². The van der Waals surface area contributed by atoms with Gasteiger partial charge in [0.15, 0.2) is 0 Å². The largest absolute Gasteiger partial charge is 0.316 e. The third kappa shape index (κ3) is 5.12. The molecule has 0 aliphatic carbocycles. The Labute approximate surface area is 264 Å². The van der Waals surface area contributed by atoms with Crippen LogP contribution in [0.3, 0.4) is 0 Å². The first kappa shape index (κ1) is 29.1. The number of halogens is 1. The molecule has 0 spiro atoms. The topological polar surface area (TPSA) is 101 Å². The number of benzene rings is 4.